The fourth-order valence-electron chi connectivity index (χ4n) is 3.15. The number of hydrogen-bond donors (Lipinski definition) is 0. The number of ether oxygens (including phenoxy) is 2. The van der Waals surface area contributed by atoms with E-state index in [2.05, 4.69) is 0 Å². The number of benzene rings is 2. The van der Waals surface area contributed by atoms with Crippen LogP contribution < -0.4 is 0 Å². The Balaban J connectivity index is 2.44. The van der Waals surface area contributed by atoms with Crippen LogP contribution in [0.2, 0.25) is 0 Å². The van der Waals surface area contributed by atoms with Gasteiger partial charge >= 0.3 is 11.9 Å². The topological polar surface area (TPSA) is 57.5 Å². The monoisotopic (exact) mass is 349 g/mol. The molecule has 26 heavy (non-hydrogen) atoms. The average Bonchev–Trinajstić information content (AvgIpc) is 3.01. The van der Waals surface area contributed by atoms with Gasteiger partial charge in [0, 0.05) is 7.05 Å². The summed E-state index contributed by atoms with van der Waals surface area (Å²) in [5.74, 6) is -1.16. The Hall–Kier alpha value is -3.34. The van der Waals surface area contributed by atoms with E-state index in [4.69, 9.17) is 9.47 Å². The third-order valence-corrected chi connectivity index (χ3v) is 4.27. The molecular formula is C21H19NO4. The van der Waals surface area contributed by atoms with Crippen LogP contribution in [0.3, 0.4) is 0 Å². The van der Waals surface area contributed by atoms with Crippen LogP contribution in [0.15, 0.2) is 60.7 Å². The van der Waals surface area contributed by atoms with Crippen LogP contribution in [0.1, 0.15) is 20.7 Å². The van der Waals surface area contributed by atoms with Crippen molar-refractivity contribution in [2.24, 2.45) is 7.05 Å². The van der Waals surface area contributed by atoms with Crippen molar-refractivity contribution in [2.75, 3.05) is 14.2 Å². The number of nitrogens with zero attached hydrogens (tertiary/aromatic N) is 1. The summed E-state index contributed by atoms with van der Waals surface area (Å²) in [5.41, 5.74) is 3.23. The fraction of sp³-hybridized carbons (Fsp3) is 0.143. The third-order valence-electron chi connectivity index (χ3n) is 4.27. The summed E-state index contributed by atoms with van der Waals surface area (Å²) < 4.78 is 11.8. The van der Waals surface area contributed by atoms with Crippen molar-refractivity contribution in [1.82, 2.24) is 4.57 Å². The minimum absolute atomic E-state index is 0.201. The van der Waals surface area contributed by atoms with Gasteiger partial charge in [-0.15, -0.1) is 0 Å². The van der Waals surface area contributed by atoms with Crippen molar-refractivity contribution in [1.29, 1.82) is 0 Å². The molecule has 0 fully saturated rings. The summed E-state index contributed by atoms with van der Waals surface area (Å²) in [6.45, 7) is 0. The zero-order chi connectivity index (χ0) is 18.7. The molecule has 5 nitrogen and oxygen atoms in total. The van der Waals surface area contributed by atoms with Crippen LogP contribution in [0.5, 0.6) is 0 Å². The highest BCUT2D eigenvalue weighted by atomic mass is 16.5. The predicted molar refractivity (Wildman–Crippen MR) is 99.0 cm³/mol. The van der Waals surface area contributed by atoms with E-state index in [0.29, 0.717) is 11.4 Å². The first-order valence-electron chi connectivity index (χ1n) is 8.10. The Kier molecular flexibility index (Phi) is 4.89. The van der Waals surface area contributed by atoms with Crippen molar-refractivity contribution in [3.8, 4) is 22.5 Å². The molecule has 0 atom stereocenters. The highest BCUT2D eigenvalue weighted by Gasteiger charge is 2.32. The maximum absolute atomic E-state index is 12.6. The largest absolute Gasteiger partial charge is 0.465 e. The third kappa shape index (κ3) is 2.88. The smallest absolute Gasteiger partial charge is 0.340 e. The summed E-state index contributed by atoms with van der Waals surface area (Å²) in [6.07, 6.45) is 0. The van der Waals surface area contributed by atoms with Crippen molar-refractivity contribution in [3.63, 3.8) is 0 Å². The molecule has 0 aliphatic rings. The molecule has 0 radical (unpaired) electrons. The van der Waals surface area contributed by atoms with Gasteiger partial charge in [0.05, 0.1) is 25.6 Å². The first-order chi connectivity index (χ1) is 12.6. The Morgan fingerprint density at radius 3 is 1.35 bits per heavy atom. The molecule has 0 unspecified atom stereocenters. The van der Waals surface area contributed by atoms with Crippen LogP contribution in [0, 0.1) is 0 Å². The quantitative estimate of drug-likeness (QED) is 0.670. The summed E-state index contributed by atoms with van der Waals surface area (Å²) >= 11 is 0. The number of esters is 2. The maximum Gasteiger partial charge on any atom is 0.340 e. The Bertz CT molecular complexity index is 866. The summed E-state index contributed by atoms with van der Waals surface area (Å²) in [4.78, 5) is 25.2. The molecule has 0 saturated carbocycles. The van der Waals surface area contributed by atoms with E-state index in [0.717, 1.165) is 11.1 Å². The van der Waals surface area contributed by atoms with Crippen LogP contribution in [0.4, 0.5) is 0 Å². The van der Waals surface area contributed by atoms with E-state index in [1.165, 1.54) is 14.2 Å². The normalized spacial score (nSPS) is 10.4. The first-order valence-corrected chi connectivity index (χ1v) is 8.10. The summed E-state index contributed by atoms with van der Waals surface area (Å²) in [6, 6.07) is 18.8. The molecule has 0 aliphatic carbocycles. The van der Waals surface area contributed by atoms with Gasteiger partial charge in [-0.3, -0.25) is 0 Å². The van der Waals surface area contributed by atoms with E-state index < -0.39 is 11.9 Å². The van der Waals surface area contributed by atoms with Gasteiger partial charge in [0.2, 0.25) is 0 Å². The van der Waals surface area contributed by atoms with E-state index in [-0.39, 0.29) is 11.1 Å². The molecule has 2 aromatic carbocycles. The average molecular weight is 349 g/mol. The van der Waals surface area contributed by atoms with Crippen LogP contribution in [0.25, 0.3) is 22.5 Å². The highest BCUT2D eigenvalue weighted by Crippen LogP contribution is 2.37. The van der Waals surface area contributed by atoms with Crippen molar-refractivity contribution < 1.29 is 19.1 Å². The Labute approximate surface area is 151 Å². The van der Waals surface area contributed by atoms with Crippen molar-refractivity contribution >= 4 is 11.9 Å². The lowest BCUT2D eigenvalue weighted by atomic mass is 10.0. The van der Waals surface area contributed by atoms with Gasteiger partial charge in [0.15, 0.2) is 0 Å². The molecule has 132 valence electrons. The molecule has 1 heterocycles. The molecule has 0 amide bonds. The van der Waals surface area contributed by atoms with E-state index >= 15 is 0 Å². The zero-order valence-corrected chi connectivity index (χ0v) is 14.9. The van der Waals surface area contributed by atoms with Gasteiger partial charge in [-0.05, 0) is 11.1 Å². The molecule has 0 bridgehead atoms. The second-order valence-corrected chi connectivity index (χ2v) is 5.72. The van der Waals surface area contributed by atoms with Crippen LogP contribution in [-0.4, -0.2) is 30.7 Å². The second-order valence-electron chi connectivity index (χ2n) is 5.72. The van der Waals surface area contributed by atoms with Gasteiger partial charge in [-0.25, -0.2) is 9.59 Å². The lowest BCUT2D eigenvalue weighted by molar-refractivity contribution is 0.0558. The minimum Gasteiger partial charge on any atom is -0.465 e. The number of aromatic nitrogens is 1. The molecule has 0 spiro atoms. The molecule has 1 aromatic heterocycles. The van der Waals surface area contributed by atoms with Crippen LogP contribution in [-0.2, 0) is 16.5 Å². The van der Waals surface area contributed by atoms with Gasteiger partial charge in [0.25, 0.3) is 0 Å². The standard InChI is InChI=1S/C21H19NO4/c1-22-18(14-10-6-4-7-11-14)16(20(23)25-2)17(21(24)26-3)19(22)15-12-8-5-9-13-15/h4-13H,1-3H3. The minimum atomic E-state index is -0.581. The second kappa shape index (κ2) is 7.27. The molecule has 3 aromatic rings. The number of methoxy groups -OCH3 is 2. The fourth-order valence-corrected chi connectivity index (χ4v) is 3.15. The lowest BCUT2D eigenvalue weighted by Crippen LogP contribution is -2.11. The number of carbonyl (C=O) groups excluding carboxylic acids is 2. The van der Waals surface area contributed by atoms with Crippen LogP contribution >= 0.6 is 0 Å². The molecule has 0 aliphatic heterocycles. The Morgan fingerprint density at radius 1 is 0.692 bits per heavy atom. The van der Waals surface area contributed by atoms with Crippen molar-refractivity contribution in [2.45, 2.75) is 0 Å². The van der Waals surface area contributed by atoms with E-state index in [9.17, 15) is 9.59 Å². The summed E-state index contributed by atoms with van der Waals surface area (Å²) in [7, 11) is 4.42. The van der Waals surface area contributed by atoms with E-state index in [1.807, 2.05) is 72.3 Å². The van der Waals surface area contributed by atoms with Gasteiger partial charge in [0.1, 0.15) is 11.1 Å². The molecule has 3 rings (SSSR count). The lowest BCUT2D eigenvalue weighted by Gasteiger charge is -2.09. The molecule has 0 N–H and O–H groups in total. The number of carbonyl (C=O) groups is 2. The van der Waals surface area contributed by atoms with Gasteiger partial charge in [-0.1, -0.05) is 60.7 Å². The molecule has 5 heteroatoms. The highest BCUT2D eigenvalue weighted by molar-refractivity contribution is 6.12. The van der Waals surface area contributed by atoms with Gasteiger partial charge < -0.3 is 14.0 Å². The van der Waals surface area contributed by atoms with Gasteiger partial charge in [-0.2, -0.15) is 0 Å². The first kappa shape index (κ1) is 17.5. The number of hydrogen-bond acceptors (Lipinski definition) is 4. The SMILES string of the molecule is COC(=O)c1c(C(=O)OC)c(-c2ccccc2)n(C)c1-c1ccccc1. The van der Waals surface area contributed by atoms with Crippen molar-refractivity contribution in [3.05, 3.63) is 71.8 Å². The molecular weight excluding hydrogens is 330 g/mol. The van der Waals surface area contributed by atoms with E-state index in [1.54, 1.807) is 0 Å². The zero-order valence-electron chi connectivity index (χ0n) is 14.9. The Morgan fingerprint density at radius 2 is 1.04 bits per heavy atom. The number of rotatable bonds is 4. The maximum atomic E-state index is 12.6. The predicted octanol–water partition coefficient (Wildman–Crippen LogP) is 3.93. The molecule has 0 saturated heterocycles. The summed E-state index contributed by atoms with van der Waals surface area (Å²) in [5, 5.41) is 0.